The average molecular weight is 382 g/mol. The monoisotopic (exact) mass is 381 g/mol. The molecule has 1 aliphatic heterocycles. The number of rotatable bonds is 7. The molecule has 28 heavy (non-hydrogen) atoms. The van der Waals surface area contributed by atoms with Crippen LogP contribution in [0.1, 0.15) is 12.5 Å². The van der Waals surface area contributed by atoms with Crippen LogP contribution in [-0.2, 0) is 6.54 Å². The first-order chi connectivity index (χ1) is 13.8. The molecule has 1 N–H and O–H groups in total. The Morgan fingerprint density at radius 2 is 1.79 bits per heavy atom. The SMILES string of the molecule is CCNC(=NCCN1CCN(c2ncccn2)CC1)N(C)Cc1ccccc1. The maximum Gasteiger partial charge on any atom is 0.225 e. The Bertz CT molecular complexity index is 712. The number of hydrogen-bond donors (Lipinski definition) is 1. The Morgan fingerprint density at radius 1 is 1.07 bits per heavy atom. The van der Waals surface area contributed by atoms with E-state index in [1.807, 2.05) is 12.1 Å². The topological polar surface area (TPSA) is 59.9 Å². The number of anilines is 1. The highest BCUT2D eigenvalue weighted by molar-refractivity contribution is 5.79. The molecule has 0 atom stereocenters. The lowest BCUT2D eigenvalue weighted by atomic mass is 10.2. The molecule has 0 unspecified atom stereocenters. The predicted octanol–water partition coefficient (Wildman–Crippen LogP) is 1.70. The van der Waals surface area contributed by atoms with Gasteiger partial charge in [-0.1, -0.05) is 30.3 Å². The summed E-state index contributed by atoms with van der Waals surface area (Å²) < 4.78 is 0. The highest BCUT2D eigenvalue weighted by Gasteiger charge is 2.18. The maximum atomic E-state index is 4.83. The van der Waals surface area contributed by atoms with E-state index in [0.29, 0.717) is 0 Å². The van der Waals surface area contributed by atoms with Crippen LogP contribution in [0.2, 0.25) is 0 Å². The van der Waals surface area contributed by atoms with E-state index in [2.05, 4.69) is 68.2 Å². The van der Waals surface area contributed by atoms with Crippen molar-refractivity contribution in [2.45, 2.75) is 13.5 Å². The number of nitrogens with one attached hydrogen (secondary N) is 1. The van der Waals surface area contributed by atoms with Crippen molar-refractivity contribution in [1.82, 2.24) is 25.1 Å². The number of aliphatic imine (C=N–C) groups is 1. The fourth-order valence-electron chi connectivity index (χ4n) is 3.33. The molecule has 150 valence electrons. The van der Waals surface area contributed by atoms with Crippen LogP contribution in [-0.4, -0.2) is 78.6 Å². The average Bonchev–Trinajstić information content (AvgIpc) is 2.75. The van der Waals surface area contributed by atoms with Crippen LogP contribution in [0.25, 0.3) is 0 Å². The van der Waals surface area contributed by atoms with E-state index in [4.69, 9.17) is 4.99 Å². The fraction of sp³-hybridized carbons (Fsp3) is 0.476. The van der Waals surface area contributed by atoms with Crippen LogP contribution in [0.5, 0.6) is 0 Å². The molecule has 0 saturated carbocycles. The summed E-state index contributed by atoms with van der Waals surface area (Å²) in [5, 5.41) is 3.40. The molecule has 1 aliphatic rings. The van der Waals surface area contributed by atoms with Crippen LogP contribution < -0.4 is 10.2 Å². The molecule has 1 fully saturated rings. The Hall–Kier alpha value is -2.67. The lowest BCUT2D eigenvalue weighted by Crippen LogP contribution is -2.47. The van der Waals surface area contributed by atoms with Crippen LogP contribution in [0.15, 0.2) is 53.8 Å². The van der Waals surface area contributed by atoms with E-state index in [9.17, 15) is 0 Å². The van der Waals surface area contributed by atoms with Crippen LogP contribution in [0.4, 0.5) is 5.95 Å². The van der Waals surface area contributed by atoms with Crippen molar-refractivity contribution < 1.29 is 0 Å². The minimum absolute atomic E-state index is 0.795. The summed E-state index contributed by atoms with van der Waals surface area (Å²) in [6.07, 6.45) is 3.61. The molecule has 2 heterocycles. The number of guanidine groups is 1. The van der Waals surface area contributed by atoms with Crippen molar-refractivity contribution in [3.8, 4) is 0 Å². The van der Waals surface area contributed by atoms with Gasteiger partial charge in [-0.2, -0.15) is 0 Å². The molecule has 0 radical (unpaired) electrons. The Morgan fingerprint density at radius 3 is 2.46 bits per heavy atom. The molecule has 7 nitrogen and oxygen atoms in total. The first-order valence-corrected chi connectivity index (χ1v) is 10.0. The van der Waals surface area contributed by atoms with Gasteiger partial charge in [0.25, 0.3) is 0 Å². The minimum atomic E-state index is 0.795. The van der Waals surface area contributed by atoms with Crippen molar-refractivity contribution in [2.75, 3.05) is 57.8 Å². The van der Waals surface area contributed by atoms with E-state index < -0.39 is 0 Å². The van der Waals surface area contributed by atoms with Crippen molar-refractivity contribution >= 4 is 11.9 Å². The number of aromatic nitrogens is 2. The highest BCUT2D eigenvalue weighted by Crippen LogP contribution is 2.09. The summed E-state index contributed by atoms with van der Waals surface area (Å²) in [4.78, 5) is 20.4. The smallest absolute Gasteiger partial charge is 0.225 e. The summed E-state index contributed by atoms with van der Waals surface area (Å²) in [5.41, 5.74) is 1.29. The summed E-state index contributed by atoms with van der Waals surface area (Å²) >= 11 is 0. The molecule has 2 aromatic rings. The predicted molar refractivity (Wildman–Crippen MR) is 115 cm³/mol. The number of benzene rings is 1. The van der Waals surface area contributed by atoms with Crippen molar-refractivity contribution in [2.24, 2.45) is 4.99 Å². The van der Waals surface area contributed by atoms with Crippen molar-refractivity contribution in [1.29, 1.82) is 0 Å². The Labute approximate surface area is 168 Å². The molecule has 0 spiro atoms. The van der Waals surface area contributed by atoms with Gasteiger partial charge in [0.15, 0.2) is 5.96 Å². The Balaban J connectivity index is 1.46. The second-order valence-corrected chi connectivity index (χ2v) is 6.95. The van der Waals surface area contributed by atoms with Gasteiger partial charge in [0, 0.05) is 65.3 Å². The van der Waals surface area contributed by atoms with Gasteiger partial charge in [-0.05, 0) is 18.6 Å². The van der Waals surface area contributed by atoms with E-state index in [1.165, 1.54) is 5.56 Å². The first kappa shape index (κ1) is 20.1. The van der Waals surface area contributed by atoms with Crippen LogP contribution in [0.3, 0.4) is 0 Å². The molecule has 3 rings (SSSR count). The van der Waals surface area contributed by atoms with E-state index in [1.54, 1.807) is 12.4 Å². The van der Waals surface area contributed by atoms with Gasteiger partial charge in [-0.3, -0.25) is 9.89 Å². The van der Waals surface area contributed by atoms with Crippen molar-refractivity contribution in [3.63, 3.8) is 0 Å². The minimum Gasteiger partial charge on any atom is -0.357 e. The second kappa shape index (κ2) is 10.6. The van der Waals surface area contributed by atoms with Gasteiger partial charge in [0.2, 0.25) is 5.95 Å². The second-order valence-electron chi connectivity index (χ2n) is 6.95. The van der Waals surface area contributed by atoms with Gasteiger partial charge in [0.05, 0.1) is 6.54 Å². The van der Waals surface area contributed by atoms with Gasteiger partial charge in [0.1, 0.15) is 0 Å². The Kier molecular flexibility index (Phi) is 7.61. The zero-order valence-corrected chi connectivity index (χ0v) is 17.0. The fourth-order valence-corrected chi connectivity index (χ4v) is 3.33. The highest BCUT2D eigenvalue weighted by atomic mass is 15.3. The number of piperazine rings is 1. The van der Waals surface area contributed by atoms with Gasteiger partial charge >= 0.3 is 0 Å². The third kappa shape index (κ3) is 5.92. The molecular weight excluding hydrogens is 350 g/mol. The zero-order valence-electron chi connectivity index (χ0n) is 17.0. The van der Waals surface area contributed by atoms with Gasteiger partial charge in [-0.25, -0.2) is 9.97 Å². The third-order valence-electron chi connectivity index (χ3n) is 4.84. The molecule has 0 bridgehead atoms. The molecular formula is C21H31N7. The van der Waals surface area contributed by atoms with E-state index >= 15 is 0 Å². The van der Waals surface area contributed by atoms with Crippen LogP contribution in [0, 0.1) is 0 Å². The lowest BCUT2D eigenvalue weighted by molar-refractivity contribution is 0.263. The van der Waals surface area contributed by atoms with E-state index in [0.717, 1.165) is 64.3 Å². The molecule has 7 heteroatoms. The largest absolute Gasteiger partial charge is 0.357 e. The summed E-state index contributed by atoms with van der Waals surface area (Å²) in [7, 11) is 2.09. The quantitative estimate of drug-likeness (QED) is 0.582. The number of hydrogen-bond acceptors (Lipinski definition) is 5. The van der Waals surface area contributed by atoms with E-state index in [-0.39, 0.29) is 0 Å². The number of nitrogens with zero attached hydrogens (tertiary/aromatic N) is 6. The van der Waals surface area contributed by atoms with Gasteiger partial charge < -0.3 is 15.1 Å². The standard InChI is InChI=1S/C21H31N7/c1-3-22-20(26(2)18-19-8-5-4-6-9-19)25-12-13-27-14-16-28(17-15-27)21-23-10-7-11-24-21/h4-11H,3,12-18H2,1-2H3,(H,22,25). The summed E-state index contributed by atoms with van der Waals surface area (Å²) in [5.74, 6) is 1.79. The zero-order chi connectivity index (χ0) is 19.6. The molecule has 0 amide bonds. The lowest BCUT2D eigenvalue weighted by Gasteiger charge is -2.34. The maximum absolute atomic E-state index is 4.83. The van der Waals surface area contributed by atoms with Crippen molar-refractivity contribution in [3.05, 3.63) is 54.4 Å². The normalized spacial score (nSPS) is 15.5. The molecule has 1 aromatic heterocycles. The molecule has 1 aromatic carbocycles. The first-order valence-electron chi connectivity index (χ1n) is 10.0. The van der Waals surface area contributed by atoms with Gasteiger partial charge in [-0.15, -0.1) is 0 Å². The summed E-state index contributed by atoms with van der Waals surface area (Å²) in [6, 6.07) is 12.4. The molecule has 1 saturated heterocycles. The molecule has 0 aliphatic carbocycles. The summed E-state index contributed by atoms with van der Waals surface area (Å²) in [6.45, 7) is 9.55. The van der Waals surface area contributed by atoms with Crippen LogP contribution >= 0.6 is 0 Å². The third-order valence-corrected chi connectivity index (χ3v) is 4.84.